The van der Waals surface area contributed by atoms with Crippen LogP contribution in [0.3, 0.4) is 0 Å². The Balaban J connectivity index is 2.30. The first-order chi connectivity index (χ1) is 8.24. The number of hydrogen-bond donors (Lipinski definition) is 0. The van der Waals surface area contributed by atoms with Crippen molar-refractivity contribution in [3.63, 3.8) is 0 Å². The van der Waals surface area contributed by atoms with Crippen molar-refractivity contribution in [2.45, 2.75) is 13.5 Å². The van der Waals surface area contributed by atoms with Crippen molar-refractivity contribution in [3.05, 3.63) is 36.0 Å². The van der Waals surface area contributed by atoms with Gasteiger partial charge in [0.15, 0.2) is 0 Å². The van der Waals surface area contributed by atoms with Crippen LogP contribution in [0.5, 0.6) is 0 Å². The Bertz CT molecular complexity index is 557. The molecule has 4 heteroatoms. The molecular formula is C13H13NO3. The number of carbonyl (C=O) groups is 2. The van der Waals surface area contributed by atoms with Gasteiger partial charge < -0.3 is 9.30 Å². The molecule has 0 fully saturated rings. The molecule has 88 valence electrons. The topological polar surface area (TPSA) is 48.3 Å². The molecule has 1 aromatic heterocycles. The Kier molecular flexibility index (Phi) is 3.23. The summed E-state index contributed by atoms with van der Waals surface area (Å²) in [5.74, 6) is -0.260. The zero-order valence-corrected chi connectivity index (χ0v) is 9.55. The first-order valence-corrected chi connectivity index (χ1v) is 5.44. The molecule has 2 rings (SSSR count). The van der Waals surface area contributed by atoms with Gasteiger partial charge in [-0.15, -0.1) is 0 Å². The second-order valence-corrected chi connectivity index (χ2v) is 3.68. The molecule has 0 aliphatic heterocycles. The van der Waals surface area contributed by atoms with Crippen LogP contribution in [0.2, 0.25) is 0 Å². The van der Waals surface area contributed by atoms with Crippen LogP contribution in [0.15, 0.2) is 30.5 Å². The fourth-order valence-corrected chi connectivity index (χ4v) is 1.78. The quantitative estimate of drug-likeness (QED) is 0.597. The summed E-state index contributed by atoms with van der Waals surface area (Å²) in [5.41, 5.74) is 1.55. The zero-order chi connectivity index (χ0) is 12.3. The van der Waals surface area contributed by atoms with E-state index in [0.717, 1.165) is 17.2 Å². The molecule has 0 unspecified atom stereocenters. The van der Waals surface area contributed by atoms with E-state index < -0.39 is 0 Å². The van der Waals surface area contributed by atoms with Crippen LogP contribution in [-0.4, -0.2) is 23.4 Å². The average molecular weight is 231 g/mol. The minimum atomic E-state index is -0.260. The Morgan fingerprint density at radius 1 is 1.41 bits per heavy atom. The lowest BCUT2D eigenvalue weighted by atomic mass is 10.2. The van der Waals surface area contributed by atoms with Crippen LogP contribution in [0, 0.1) is 0 Å². The Hall–Kier alpha value is -2.10. The number of carbonyl (C=O) groups excluding carboxylic acids is 2. The number of nitrogens with zero attached hydrogens (tertiary/aromatic N) is 1. The maximum Gasteiger partial charge on any atom is 0.325 e. The Morgan fingerprint density at radius 3 is 2.94 bits per heavy atom. The number of rotatable bonds is 4. The maximum atomic E-state index is 11.4. The SMILES string of the molecule is CCOC(=O)Cn1ccc2cc(C=O)ccc21. The van der Waals surface area contributed by atoms with E-state index in [1.54, 1.807) is 19.1 Å². The summed E-state index contributed by atoms with van der Waals surface area (Å²) in [6.45, 7) is 2.35. The lowest BCUT2D eigenvalue weighted by Gasteiger charge is -2.05. The molecule has 0 amide bonds. The average Bonchev–Trinajstić information content (AvgIpc) is 2.72. The number of aldehydes is 1. The molecule has 0 saturated heterocycles. The van der Waals surface area contributed by atoms with Gasteiger partial charge in [-0.2, -0.15) is 0 Å². The van der Waals surface area contributed by atoms with Gasteiger partial charge >= 0.3 is 5.97 Å². The van der Waals surface area contributed by atoms with Crippen molar-refractivity contribution in [2.24, 2.45) is 0 Å². The minimum Gasteiger partial charge on any atom is -0.465 e. The molecule has 0 radical (unpaired) electrons. The monoisotopic (exact) mass is 231 g/mol. The van der Waals surface area contributed by atoms with E-state index in [2.05, 4.69) is 0 Å². The van der Waals surface area contributed by atoms with Gasteiger partial charge in [-0.3, -0.25) is 9.59 Å². The Morgan fingerprint density at radius 2 is 2.24 bits per heavy atom. The number of ether oxygens (including phenoxy) is 1. The molecule has 0 bridgehead atoms. The predicted octanol–water partition coefficient (Wildman–Crippen LogP) is 2.02. The maximum absolute atomic E-state index is 11.4. The third-order valence-electron chi connectivity index (χ3n) is 2.54. The summed E-state index contributed by atoms with van der Waals surface area (Å²) in [4.78, 5) is 22.0. The Labute approximate surface area is 98.8 Å². The lowest BCUT2D eigenvalue weighted by molar-refractivity contribution is -0.143. The fourth-order valence-electron chi connectivity index (χ4n) is 1.78. The van der Waals surface area contributed by atoms with E-state index in [0.29, 0.717) is 12.2 Å². The molecule has 0 spiro atoms. The van der Waals surface area contributed by atoms with Crippen LogP contribution in [-0.2, 0) is 16.1 Å². The van der Waals surface area contributed by atoms with Gasteiger partial charge in [-0.1, -0.05) is 0 Å². The van der Waals surface area contributed by atoms with Crippen molar-refractivity contribution in [3.8, 4) is 0 Å². The summed E-state index contributed by atoms with van der Waals surface area (Å²) in [7, 11) is 0. The highest BCUT2D eigenvalue weighted by atomic mass is 16.5. The molecule has 0 aliphatic carbocycles. The third-order valence-corrected chi connectivity index (χ3v) is 2.54. The summed E-state index contributed by atoms with van der Waals surface area (Å²) in [6.07, 6.45) is 2.62. The highest BCUT2D eigenvalue weighted by molar-refractivity contribution is 5.88. The van der Waals surface area contributed by atoms with E-state index in [1.807, 2.05) is 22.9 Å². The number of hydrogen-bond acceptors (Lipinski definition) is 3. The predicted molar refractivity (Wildman–Crippen MR) is 64.0 cm³/mol. The largest absolute Gasteiger partial charge is 0.465 e. The van der Waals surface area contributed by atoms with Crippen LogP contribution >= 0.6 is 0 Å². The van der Waals surface area contributed by atoms with Gasteiger partial charge in [-0.05, 0) is 31.2 Å². The van der Waals surface area contributed by atoms with Gasteiger partial charge in [0.2, 0.25) is 0 Å². The number of benzene rings is 1. The van der Waals surface area contributed by atoms with Crippen LogP contribution < -0.4 is 0 Å². The molecule has 2 aromatic rings. The van der Waals surface area contributed by atoms with Gasteiger partial charge in [-0.25, -0.2) is 0 Å². The van der Waals surface area contributed by atoms with Crippen LogP contribution in [0.25, 0.3) is 10.9 Å². The molecular weight excluding hydrogens is 218 g/mol. The fraction of sp³-hybridized carbons (Fsp3) is 0.231. The second-order valence-electron chi connectivity index (χ2n) is 3.68. The van der Waals surface area contributed by atoms with Crippen molar-refractivity contribution < 1.29 is 14.3 Å². The van der Waals surface area contributed by atoms with E-state index >= 15 is 0 Å². The smallest absolute Gasteiger partial charge is 0.325 e. The molecule has 0 atom stereocenters. The summed E-state index contributed by atoms with van der Waals surface area (Å²) < 4.78 is 6.70. The van der Waals surface area contributed by atoms with Crippen LogP contribution in [0.4, 0.5) is 0 Å². The highest BCUT2D eigenvalue weighted by Gasteiger charge is 2.06. The van der Waals surface area contributed by atoms with Crippen LogP contribution in [0.1, 0.15) is 17.3 Å². The van der Waals surface area contributed by atoms with E-state index in [1.165, 1.54) is 0 Å². The van der Waals surface area contributed by atoms with Crippen molar-refractivity contribution >= 4 is 23.2 Å². The van der Waals surface area contributed by atoms with Gasteiger partial charge in [0.25, 0.3) is 0 Å². The molecule has 4 nitrogen and oxygen atoms in total. The second kappa shape index (κ2) is 4.82. The van der Waals surface area contributed by atoms with E-state index in [9.17, 15) is 9.59 Å². The first-order valence-electron chi connectivity index (χ1n) is 5.44. The van der Waals surface area contributed by atoms with E-state index in [4.69, 9.17) is 4.74 Å². The molecule has 1 aromatic carbocycles. The van der Waals surface area contributed by atoms with Crippen molar-refractivity contribution in [2.75, 3.05) is 6.61 Å². The van der Waals surface area contributed by atoms with Gasteiger partial charge in [0, 0.05) is 22.7 Å². The third kappa shape index (κ3) is 2.36. The first kappa shape index (κ1) is 11.4. The molecule has 0 saturated carbocycles. The zero-order valence-electron chi connectivity index (χ0n) is 9.55. The van der Waals surface area contributed by atoms with Gasteiger partial charge in [0.05, 0.1) is 6.61 Å². The minimum absolute atomic E-state index is 0.192. The number of fused-ring (bicyclic) bond motifs is 1. The highest BCUT2D eigenvalue weighted by Crippen LogP contribution is 2.17. The molecule has 17 heavy (non-hydrogen) atoms. The van der Waals surface area contributed by atoms with Crippen molar-refractivity contribution in [1.29, 1.82) is 0 Å². The summed E-state index contributed by atoms with van der Waals surface area (Å²) in [5, 5.41) is 0.943. The van der Waals surface area contributed by atoms with Crippen molar-refractivity contribution in [1.82, 2.24) is 4.57 Å². The normalized spacial score (nSPS) is 10.4. The number of aromatic nitrogens is 1. The molecule has 0 N–H and O–H groups in total. The van der Waals surface area contributed by atoms with Gasteiger partial charge in [0.1, 0.15) is 12.8 Å². The van der Waals surface area contributed by atoms with E-state index in [-0.39, 0.29) is 12.5 Å². The lowest BCUT2D eigenvalue weighted by Crippen LogP contribution is -2.12. The standard InChI is InChI=1S/C13H13NO3/c1-2-17-13(16)8-14-6-5-11-7-10(9-15)3-4-12(11)14/h3-7,9H,2,8H2,1H3. The molecule has 0 aliphatic rings. The number of esters is 1. The molecule has 1 heterocycles. The summed E-state index contributed by atoms with van der Waals surface area (Å²) >= 11 is 0. The summed E-state index contributed by atoms with van der Waals surface area (Å²) in [6, 6.07) is 7.24.